The number of piperazine rings is 1. The Morgan fingerprint density at radius 3 is 1.86 bits per heavy atom. The van der Waals surface area contributed by atoms with Crippen LogP contribution in [0.3, 0.4) is 0 Å². The van der Waals surface area contributed by atoms with Gasteiger partial charge in [0.05, 0.1) is 17.9 Å². The minimum Gasteiger partial charge on any atom is -0.490 e. The van der Waals surface area contributed by atoms with Crippen molar-refractivity contribution in [2.24, 2.45) is 0 Å². The van der Waals surface area contributed by atoms with E-state index >= 15 is 0 Å². The molecule has 0 aromatic heterocycles. The van der Waals surface area contributed by atoms with E-state index in [0.717, 1.165) is 65.0 Å². The topological polar surface area (TPSA) is 35.9 Å². The first-order chi connectivity index (χ1) is 19.0. The molecule has 7 rings (SSSR count). The fourth-order valence-electron chi connectivity index (χ4n) is 6.81. The number of nitrogens with zero attached hydrogens (tertiary/aromatic N) is 2. The van der Waals surface area contributed by atoms with Crippen molar-refractivity contribution in [3.05, 3.63) is 113 Å². The summed E-state index contributed by atoms with van der Waals surface area (Å²) >= 11 is 0. The summed E-state index contributed by atoms with van der Waals surface area (Å²) in [6.45, 7) is 3.97. The molecule has 4 atom stereocenters. The van der Waals surface area contributed by atoms with Gasteiger partial charge in [-0.1, -0.05) is 84.9 Å². The molecule has 4 aromatic rings. The number of benzene rings is 4. The average molecular weight is 636 g/mol. The first kappa shape index (κ1) is 32.5. The minimum atomic E-state index is -2.69. The van der Waals surface area contributed by atoms with Crippen LogP contribution in [0.15, 0.2) is 91.0 Å². The molecule has 0 amide bonds. The van der Waals surface area contributed by atoms with Gasteiger partial charge in [-0.2, -0.15) is 0 Å². The highest BCUT2D eigenvalue weighted by Crippen LogP contribution is 2.70. The molecular formula is C33H35Cl3F2N2O2. The molecule has 1 unspecified atom stereocenters. The van der Waals surface area contributed by atoms with Crippen LogP contribution in [0.5, 0.6) is 5.75 Å². The lowest BCUT2D eigenvalue weighted by Gasteiger charge is -2.41. The SMILES string of the molecule is Cl.Cl.Cl.O[C@H](COc1cccc2ccccc12)CN1CCN(C2c3ccccc3[C@@H]3[C@H](c4ccccc42)C3(F)F)CC1. The molecule has 9 heteroatoms. The predicted octanol–water partition coefficient (Wildman–Crippen LogP) is 7.08. The first-order valence-corrected chi connectivity index (χ1v) is 13.8. The molecule has 0 radical (unpaired) electrons. The predicted molar refractivity (Wildman–Crippen MR) is 170 cm³/mol. The molecule has 1 N–H and O–H groups in total. The van der Waals surface area contributed by atoms with Crippen LogP contribution in [-0.2, 0) is 0 Å². The summed E-state index contributed by atoms with van der Waals surface area (Å²) in [6.07, 6.45) is -0.607. The molecule has 1 heterocycles. The molecule has 1 saturated carbocycles. The molecule has 0 bridgehead atoms. The van der Waals surface area contributed by atoms with Crippen LogP contribution in [0.2, 0.25) is 0 Å². The van der Waals surface area contributed by atoms with Gasteiger partial charge in [-0.25, -0.2) is 8.78 Å². The summed E-state index contributed by atoms with van der Waals surface area (Å²) in [6, 6.07) is 29.6. The third-order valence-electron chi connectivity index (χ3n) is 8.73. The number of rotatable bonds is 6. The van der Waals surface area contributed by atoms with E-state index in [-0.39, 0.29) is 49.9 Å². The van der Waals surface area contributed by atoms with Crippen molar-refractivity contribution in [1.29, 1.82) is 0 Å². The van der Waals surface area contributed by atoms with Crippen LogP contribution < -0.4 is 4.74 Å². The Labute approximate surface area is 263 Å². The fraction of sp³-hybridized carbons (Fsp3) is 0.333. The van der Waals surface area contributed by atoms with E-state index in [1.54, 1.807) is 0 Å². The first-order valence-electron chi connectivity index (χ1n) is 13.8. The van der Waals surface area contributed by atoms with Gasteiger partial charge in [-0.05, 0) is 33.7 Å². The lowest BCUT2D eigenvalue weighted by molar-refractivity contribution is 0.0400. The van der Waals surface area contributed by atoms with E-state index in [1.165, 1.54) is 0 Å². The minimum absolute atomic E-state index is 0. The highest BCUT2D eigenvalue weighted by atomic mass is 35.5. The summed E-state index contributed by atoms with van der Waals surface area (Å²) in [5, 5.41) is 12.9. The fourth-order valence-corrected chi connectivity index (χ4v) is 6.81. The number of hydrogen-bond acceptors (Lipinski definition) is 4. The summed E-state index contributed by atoms with van der Waals surface area (Å²) in [7, 11) is 0. The van der Waals surface area contributed by atoms with Crippen LogP contribution in [-0.4, -0.2) is 66.3 Å². The lowest BCUT2D eigenvalue weighted by atomic mass is 9.90. The Morgan fingerprint density at radius 1 is 0.714 bits per heavy atom. The molecule has 1 saturated heterocycles. The zero-order valence-electron chi connectivity index (χ0n) is 22.9. The number of aliphatic hydroxyl groups is 1. The second kappa shape index (κ2) is 13.0. The van der Waals surface area contributed by atoms with E-state index in [1.807, 2.05) is 78.9 Å². The van der Waals surface area contributed by atoms with E-state index in [9.17, 15) is 13.9 Å². The second-order valence-electron chi connectivity index (χ2n) is 11.1. The highest BCUT2D eigenvalue weighted by Gasteiger charge is 2.71. The zero-order chi connectivity index (χ0) is 26.6. The lowest BCUT2D eigenvalue weighted by Crippen LogP contribution is -2.50. The van der Waals surface area contributed by atoms with Crippen molar-refractivity contribution in [3.63, 3.8) is 0 Å². The molecule has 1 aliphatic heterocycles. The Bertz CT molecular complexity index is 1450. The molecule has 2 fully saturated rings. The zero-order valence-corrected chi connectivity index (χ0v) is 25.4. The largest absolute Gasteiger partial charge is 0.490 e. The van der Waals surface area contributed by atoms with Gasteiger partial charge in [0.15, 0.2) is 0 Å². The number of β-amino-alcohol motifs (C(OH)–C–C–N with tert-alkyl or cyclic N) is 1. The Balaban J connectivity index is 0.00000135. The van der Waals surface area contributed by atoms with Crippen LogP contribution in [0.25, 0.3) is 10.8 Å². The summed E-state index contributed by atoms with van der Waals surface area (Å²) in [5.74, 6) is -3.39. The maximum atomic E-state index is 15.0. The van der Waals surface area contributed by atoms with Crippen molar-refractivity contribution in [2.45, 2.75) is 29.9 Å². The number of fused-ring (bicyclic) bond motifs is 6. The van der Waals surface area contributed by atoms with Gasteiger partial charge >= 0.3 is 0 Å². The Kier molecular flexibility index (Phi) is 10.1. The van der Waals surface area contributed by atoms with Gasteiger partial charge in [0.25, 0.3) is 5.92 Å². The number of hydrogen-bond donors (Lipinski definition) is 1. The normalized spacial score (nSPS) is 23.0. The van der Waals surface area contributed by atoms with Gasteiger partial charge in [-0.15, -0.1) is 37.2 Å². The second-order valence-corrected chi connectivity index (χ2v) is 11.1. The Morgan fingerprint density at radius 2 is 1.24 bits per heavy atom. The van der Waals surface area contributed by atoms with Crippen molar-refractivity contribution in [3.8, 4) is 5.75 Å². The van der Waals surface area contributed by atoms with E-state index in [0.29, 0.717) is 6.54 Å². The monoisotopic (exact) mass is 634 g/mol. The standard InChI is InChI=1S/C33H32F2N2O2.3ClH/c34-33(35)30-25-11-3-5-13-27(25)32(28-14-6-4-12-26(28)31(30)33)37-18-16-36(17-19-37)20-23(38)21-39-29-15-7-9-22-8-1-2-10-24(22)29;;;/h1-15,23,30-32,38H,16-21H2;3*1H/t23-,30-,31+,32?;;;/m0.../s1. The number of halogens is 5. The maximum Gasteiger partial charge on any atom is 0.263 e. The quantitative estimate of drug-likeness (QED) is 0.246. The molecule has 3 aliphatic rings. The molecule has 224 valence electrons. The van der Waals surface area contributed by atoms with Crippen molar-refractivity contribution < 1.29 is 18.6 Å². The van der Waals surface area contributed by atoms with E-state index < -0.39 is 23.9 Å². The average Bonchev–Trinajstić information content (AvgIpc) is 3.58. The molecular weight excluding hydrogens is 601 g/mol. The summed E-state index contributed by atoms with van der Waals surface area (Å²) in [4.78, 5) is 4.70. The molecule has 4 aromatic carbocycles. The van der Waals surface area contributed by atoms with Crippen molar-refractivity contribution in [1.82, 2.24) is 9.80 Å². The summed E-state index contributed by atoms with van der Waals surface area (Å²) in [5.41, 5.74) is 3.59. The van der Waals surface area contributed by atoms with E-state index in [2.05, 4.69) is 21.9 Å². The number of aliphatic hydroxyl groups excluding tert-OH is 1. The van der Waals surface area contributed by atoms with Crippen LogP contribution in [0, 0.1) is 0 Å². The summed E-state index contributed by atoms with van der Waals surface area (Å²) < 4.78 is 36.0. The highest BCUT2D eigenvalue weighted by molar-refractivity contribution is 5.88. The third-order valence-corrected chi connectivity index (χ3v) is 8.73. The molecule has 0 spiro atoms. The molecule has 4 nitrogen and oxygen atoms in total. The smallest absolute Gasteiger partial charge is 0.263 e. The van der Waals surface area contributed by atoms with Gasteiger partial charge in [-0.3, -0.25) is 9.80 Å². The number of alkyl halides is 2. The van der Waals surface area contributed by atoms with Crippen LogP contribution >= 0.6 is 37.2 Å². The maximum absolute atomic E-state index is 15.0. The third kappa shape index (κ3) is 5.73. The number of ether oxygens (including phenoxy) is 1. The van der Waals surface area contributed by atoms with Gasteiger partial charge < -0.3 is 9.84 Å². The van der Waals surface area contributed by atoms with Crippen molar-refractivity contribution in [2.75, 3.05) is 39.3 Å². The molecule has 2 aliphatic carbocycles. The van der Waals surface area contributed by atoms with E-state index in [4.69, 9.17) is 4.74 Å². The van der Waals surface area contributed by atoms with Gasteiger partial charge in [0.1, 0.15) is 18.5 Å². The van der Waals surface area contributed by atoms with Crippen molar-refractivity contribution >= 4 is 48.0 Å². The van der Waals surface area contributed by atoms with Gasteiger partial charge in [0.2, 0.25) is 0 Å². The Hall–Kier alpha value is -2.45. The van der Waals surface area contributed by atoms with Crippen LogP contribution in [0.1, 0.15) is 40.1 Å². The van der Waals surface area contributed by atoms with Gasteiger partial charge in [0, 0.05) is 38.1 Å². The molecule has 42 heavy (non-hydrogen) atoms. The van der Waals surface area contributed by atoms with Crippen LogP contribution in [0.4, 0.5) is 8.78 Å².